The van der Waals surface area contributed by atoms with Gasteiger partial charge in [-0.05, 0) is 17.9 Å². The number of aromatic nitrogens is 1. The van der Waals surface area contributed by atoms with Crippen LogP contribution in [0.4, 0.5) is 13.2 Å². The molecule has 3 N–H and O–H groups in total. The van der Waals surface area contributed by atoms with E-state index in [0.29, 0.717) is 5.75 Å². The largest absolute Gasteiger partial charge is 0.433 e. The van der Waals surface area contributed by atoms with Gasteiger partial charge >= 0.3 is 6.18 Å². The lowest BCUT2D eigenvalue weighted by Crippen LogP contribution is -2.17. The van der Waals surface area contributed by atoms with E-state index in [0.717, 1.165) is 23.9 Å². The van der Waals surface area contributed by atoms with Gasteiger partial charge in [-0.25, -0.2) is 4.98 Å². The van der Waals surface area contributed by atoms with Gasteiger partial charge in [0.2, 0.25) is 0 Å². The molecule has 0 aliphatic rings. The van der Waals surface area contributed by atoms with E-state index < -0.39 is 11.9 Å². The molecule has 1 aromatic rings. The molecule has 0 radical (unpaired) electrons. The Morgan fingerprint density at radius 1 is 1.53 bits per heavy atom. The van der Waals surface area contributed by atoms with Crippen LogP contribution in [0, 0.1) is 0 Å². The number of thioether (sulfide) groups is 1. The van der Waals surface area contributed by atoms with Crippen LogP contribution in [0.5, 0.6) is 0 Å². The quantitative estimate of drug-likeness (QED) is 0.289. The molecule has 0 aliphatic carbocycles. The number of pyridine rings is 1. The summed E-state index contributed by atoms with van der Waals surface area (Å²) in [6.45, 7) is 1.77. The molecule has 0 aromatic carbocycles. The molecule has 94 valence electrons. The van der Waals surface area contributed by atoms with Crippen molar-refractivity contribution in [1.29, 1.82) is 0 Å². The Kier molecular flexibility index (Phi) is 4.22. The van der Waals surface area contributed by atoms with E-state index in [-0.39, 0.29) is 16.4 Å². The predicted octanol–water partition coefficient (Wildman–Crippen LogP) is 2.31. The molecule has 8 heteroatoms. The molecule has 17 heavy (non-hydrogen) atoms. The molecule has 0 fully saturated rings. The molecule has 0 aliphatic heterocycles. The minimum Gasteiger partial charge on any atom is -0.409 e. The molecule has 0 unspecified atom stereocenters. The monoisotopic (exact) mass is 265 g/mol. The van der Waals surface area contributed by atoms with Crippen molar-refractivity contribution in [3.8, 4) is 0 Å². The summed E-state index contributed by atoms with van der Waals surface area (Å²) in [5, 5.41) is 11.4. The summed E-state index contributed by atoms with van der Waals surface area (Å²) < 4.78 is 37.3. The third-order valence-corrected chi connectivity index (χ3v) is 2.69. The Hall–Kier alpha value is -1.44. The van der Waals surface area contributed by atoms with Gasteiger partial charge in [-0.15, -0.1) is 11.8 Å². The predicted molar refractivity (Wildman–Crippen MR) is 58.1 cm³/mol. The Labute approximate surface area is 99.7 Å². The number of halogens is 3. The second-order valence-corrected chi connectivity index (χ2v) is 4.22. The van der Waals surface area contributed by atoms with Crippen LogP contribution in [-0.2, 0) is 6.18 Å². The fourth-order valence-corrected chi connectivity index (χ4v) is 1.86. The van der Waals surface area contributed by atoms with E-state index in [1.165, 1.54) is 0 Å². The zero-order chi connectivity index (χ0) is 13.1. The number of amidine groups is 1. The van der Waals surface area contributed by atoms with Crippen molar-refractivity contribution >= 4 is 17.6 Å². The van der Waals surface area contributed by atoms with E-state index in [4.69, 9.17) is 10.9 Å². The molecule has 0 spiro atoms. The zero-order valence-corrected chi connectivity index (χ0v) is 9.64. The lowest BCUT2D eigenvalue weighted by Gasteiger charge is -2.10. The van der Waals surface area contributed by atoms with Crippen LogP contribution < -0.4 is 5.73 Å². The van der Waals surface area contributed by atoms with Crippen LogP contribution in [0.1, 0.15) is 18.2 Å². The first kappa shape index (κ1) is 13.6. The van der Waals surface area contributed by atoms with E-state index in [9.17, 15) is 13.2 Å². The maximum absolute atomic E-state index is 12.4. The maximum atomic E-state index is 12.4. The topological polar surface area (TPSA) is 71.5 Å². The molecule has 0 saturated carbocycles. The molecule has 1 heterocycles. The Morgan fingerprint density at radius 2 is 2.18 bits per heavy atom. The fraction of sp³-hybridized carbons (Fsp3) is 0.333. The van der Waals surface area contributed by atoms with Crippen molar-refractivity contribution in [3.63, 3.8) is 0 Å². The number of oxime groups is 1. The lowest BCUT2D eigenvalue weighted by molar-refractivity contribution is -0.141. The first-order chi connectivity index (χ1) is 7.90. The zero-order valence-electron chi connectivity index (χ0n) is 8.82. The highest BCUT2D eigenvalue weighted by Gasteiger charge is 2.33. The highest BCUT2D eigenvalue weighted by molar-refractivity contribution is 7.99. The van der Waals surface area contributed by atoms with E-state index in [2.05, 4.69) is 10.1 Å². The Morgan fingerprint density at radius 3 is 2.65 bits per heavy atom. The normalized spacial score (nSPS) is 12.8. The highest BCUT2D eigenvalue weighted by Crippen LogP contribution is 2.30. The van der Waals surface area contributed by atoms with Crippen LogP contribution in [0.25, 0.3) is 0 Å². The van der Waals surface area contributed by atoms with Crippen molar-refractivity contribution in [2.45, 2.75) is 18.1 Å². The van der Waals surface area contributed by atoms with E-state index in [1.807, 2.05) is 0 Å². The maximum Gasteiger partial charge on any atom is 0.433 e. The van der Waals surface area contributed by atoms with Crippen LogP contribution >= 0.6 is 11.8 Å². The molecule has 1 aromatic heterocycles. The van der Waals surface area contributed by atoms with Crippen LogP contribution in [0.2, 0.25) is 0 Å². The summed E-state index contributed by atoms with van der Waals surface area (Å²) in [6.07, 6.45) is -4.51. The molecule has 0 atom stereocenters. The van der Waals surface area contributed by atoms with Gasteiger partial charge in [0, 0.05) is 0 Å². The Balaban J connectivity index is 3.27. The lowest BCUT2D eigenvalue weighted by atomic mass is 10.2. The van der Waals surface area contributed by atoms with Gasteiger partial charge in [0.15, 0.2) is 5.84 Å². The van der Waals surface area contributed by atoms with Crippen LogP contribution in [-0.4, -0.2) is 21.8 Å². The van der Waals surface area contributed by atoms with Gasteiger partial charge in [0.05, 0.1) is 5.56 Å². The standard InChI is InChI=1S/C9H10F3N3OS/c1-2-17-8-5(7(13)15-16)3-4-6(14-8)9(10,11)12/h3-4,16H,2H2,1H3,(H2,13,15). The summed E-state index contributed by atoms with van der Waals surface area (Å²) in [5.74, 6) is 0.266. The first-order valence-electron chi connectivity index (χ1n) is 4.59. The number of nitrogens with zero attached hydrogens (tertiary/aromatic N) is 2. The van der Waals surface area contributed by atoms with Gasteiger partial charge < -0.3 is 10.9 Å². The van der Waals surface area contributed by atoms with Gasteiger partial charge in [-0.3, -0.25) is 0 Å². The summed E-state index contributed by atoms with van der Waals surface area (Å²) in [5.41, 5.74) is 4.54. The SMILES string of the molecule is CCSc1nc(C(F)(F)F)ccc1C(N)=NO. The van der Waals surface area contributed by atoms with Crippen molar-refractivity contribution in [1.82, 2.24) is 4.98 Å². The number of hydrogen-bond acceptors (Lipinski definition) is 4. The van der Waals surface area contributed by atoms with Crippen molar-refractivity contribution in [2.24, 2.45) is 10.9 Å². The van der Waals surface area contributed by atoms with Gasteiger partial charge in [-0.1, -0.05) is 12.1 Å². The molecule has 1 rings (SSSR count). The first-order valence-corrected chi connectivity index (χ1v) is 5.57. The van der Waals surface area contributed by atoms with Gasteiger partial charge in [0.1, 0.15) is 10.7 Å². The second kappa shape index (κ2) is 5.26. The molecular formula is C9H10F3N3OS. The van der Waals surface area contributed by atoms with Gasteiger partial charge in [0.25, 0.3) is 0 Å². The van der Waals surface area contributed by atoms with Crippen LogP contribution in [0.15, 0.2) is 22.3 Å². The molecule has 0 saturated heterocycles. The van der Waals surface area contributed by atoms with Crippen molar-refractivity contribution in [3.05, 3.63) is 23.4 Å². The number of hydrogen-bond donors (Lipinski definition) is 2. The highest BCUT2D eigenvalue weighted by atomic mass is 32.2. The molecule has 4 nitrogen and oxygen atoms in total. The second-order valence-electron chi connectivity index (χ2n) is 2.97. The number of alkyl halides is 3. The summed E-state index contributed by atoms with van der Waals surface area (Å²) in [6, 6.07) is 1.94. The minimum atomic E-state index is -4.51. The molecule has 0 amide bonds. The summed E-state index contributed by atoms with van der Waals surface area (Å²) in [4.78, 5) is 3.47. The minimum absolute atomic E-state index is 0.0950. The number of rotatable bonds is 3. The van der Waals surface area contributed by atoms with Crippen molar-refractivity contribution < 1.29 is 18.4 Å². The average Bonchev–Trinajstić information content (AvgIpc) is 2.27. The van der Waals surface area contributed by atoms with Crippen LogP contribution in [0.3, 0.4) is 0 Å². The van der Waals surface area contributed by atoms with E-state index >= 15 is 0 Å². The summed E-state index contributed by atoms with van der Waals surface area (Å²) in [7, 11) is 0. The fourth-order valence-electron chi connectivity index (χ4n) is 1.09. The third kappa shape index (κ3) is 3.26. The van der Waals surface area contributed by atoms with Crippen molar-refractivity contribution in [2.75, 3.05) is 5.75 Å². The molecular weight excluding hydrogens is 255 g/mol. The Bertz CT molecular complexity index is 434. The smallest absolute Gasteiger partial charge is 0.409 e. The third-order valence-electron chi connectivity index (χ3n) is 1.82. The summed E-state index contributed by atoms with van der Waals surface area (Å²) >= 11 is 1.09. The molecule has 0 bridgehead atoms. The van der Waals surface area contributed by atoms with E-state index in [1.54, 1.807) is 6.92 Å². The van der Waals surface area contributed by atoms with Gasteiger partial charge in [-0.2, -0.15) is 13.2 Å². The average molecular weight is 265 g/mol. The number of nitrogens with two attached hydrogens (primary N) is 1.